The number of nitrogens with one attached hydrogen (secondary N) is 1. The highest BCUT2D eigenvalue weighted by molar-refractivity contribution is 5.95. The molecular weight excluding hydrogens is 354 g/mol. The number of amides is 1. The number of carbonyl (C=O) groups excluding carboxylic acids is 3. The van der Waals surface area contributed by atoms with Crippen LogP contribution >= 0.6 is 0 Å². The van der Waals surface area contributed by atoms with Crippen molar-refractivity contribution in [3.05, 3.63) is 0 Å². The van der Waals surface area contributed by atoms with Crippen LogP contribution in [0.3, 0.4) is 0 Å². The van der Waals surface area contributed by atoms with Gasteiger partial charge in [0.25, 0.3) is 0 Å². The molecular formula is C19H33NO7. The van der Waals surface area contributed by atoms with Gasteiger partial charge >= 0.3 is 12.1 Å². The van der Waals surface area contributed by atoms with Crippen LogP contribution < -0.4 is 5.32 Å². The molecule has 0 aromatic carbocycles. The van der Waals surface area contributed by atoms with Crippen molar-refractivity contribution in [2.75, 3.05) is 19.8 Å². The van der Waals surface area contributed by atoms with Crippen LogP contribution in [0.4, 0.5) is 4.79 Å². The fourth-order valence-electron chi connectivity index (χ4n) is 2.60. The number of hydrogen-bond donors (Lipinski definition) is 1. The maximum atomic E-state index is 12.1. The molecule has 156 valence electrons. The van der Waals surface area contributed by atoms with Crippen molar-refractivity contribution in [3.63, 3.8) is 0 Å². The predicted octanol–water partition coefficient (Wildman–Crippen LogP) is 2.73. The molecule has 8 heteroatoms. The average molecular weight is 387 g/mol. The van der Waals surface area contributed by atoms with Crippen LogP contribution in [-0.4, -0.2) is 55.6 Å². The zero-order valence-electron chi connectivity index (χ0n) is 16.9. The molecule has 1 unspecified atom stereocenters. The van der Waals surface area contributed by atoms with Crippen LogP contribution in [0.15, 0.2) is 0 Å². The molecule has 1 saturated heterocycles. The number of rotatable bonds is 10. The van der Waals surface area contributed by atoms with Crippen molar-refractivity contribution in [3.8, 4) is 0 Å². The van der Waals surface area contributed by atoms with Crippen LogP contribution in [0.5, 0.6) is 0 Å². The first-order chi connectivity index (χ1) is 12.7. The van der Waals surface area contributed by atoms with Gasteiger partial charge < -0.3 is 24.3 Å². The largest absolute Gasteiger partial charge is 0.466 e. The first kappa shape index (κ1) is 23.4. The molecule has 27 heavy (non-hydrogen) atoms. The molecule has 8 nitrogen and oxygen atoms in total. The van der Waals surface area contributed by atoms with Gasteiger partial charge in [0.2, 0.25) is 0 Å². The zero-order valence-corrected chi connectivity index (χ0v) is 16.9. The summed E-state index contributed by atoms with van der Waals surface area (Å²) < 4.78 is 21.5. The van der Waals surface area contributed by atoms with Crippen molar-refractivity contribution >= 4 is 17.8 Å². The summed E-state index contributed by atoms with van der Waals surface area (Å²) >= 11 is 0. The Labute approximate surface area is 161 Å². The van der Waals surface area contributed by atoms with Crippen molar-refractivity contribution in [1.29, 1.82) is 0 Å². The molecule has 0 aromatic rings. The lowest BCUT2D eigenvalue weighted by Gasteiger charge is -2.28. The number of esters is 1. The second-order valence-corrected chi connectivity index (χ2v) is 7.50. The van der Waals surface area contributed by atoms with Crippen LogP contribution in [-0.2, 0) is 28.5 Å². The summed E-state index contributed by atoms with van der Waals surface area (Å²) in [5.74, 6) is -0.798. The molecule has 0 aromatic heterocycles. The predicted molar refractivity (Wildman–Crippen MR) is 98.2 cm³/mol. The van der Waals surface area contributed by atoms with E-state index in [9.17, 15) is 14.4 Å². The smallest absolute Gasteiger partial charge is 0.407 e. The van der Waals surface area contributed by atoms with E-state index in [4.69, 9.17) is 18.9 Å². The third-order valence-corrected chi connectivity index (χ3v) is 3.72. The summed E-state index contributed by atoms with van der Waals surface area (Å²) in [7, 11) is 0. The zero-order chi connectivity index (χ0) is 20.3. The highest BCUT2D eigenvalue weighted by atomic mass is 16.7. The summed E-state index contributed by atoms with van der Waals surface area (Å²) in [5.41, 5.74) is -0.578. The Balaban J connectivity index is 2.50. The molecule has 2 atom stereocenters. The molecule has 0 spiro atoms. The standard InChI is InChI=1S/C19H33NO7/c1-5-24-16(22)13-14(21)12-15(26-17-8-6-7-11-25-17)9-10-20-18(23)27-19(2,3)4/h15,17H,5-13H2,1-4H3,(H,20,23)/t15-,17?/m1/s1. The molecule has 1 amide bonds. The lowest BCUT2D eigenvalue weighted by molar-refractivity contribution is -0.190. The van der Waals surface area contributed by atoms with E-state index in [1.807, 2.05) is 0 Å². The van der Waals surface area contributed by atoms with Gasteiger partial charge in [-0.2, -0.15) is 0 Å². The molecule has 1 heterocycles. The monoisotopic (exact) mass is 387 g/mol. The number of ketones is 1. The Morgan fingerprint density at radius 2 is 1.96 bits per heavy atom. The van der Waals surface area contributed by atoms with Gasteiger partial charge in [0.15, 0.2) is 6.29 Å². The summed E-state index contributed by atoms with van der Waals surface area (Å²) in [6, 6.07) is 0. The third-order valence-electron chi connectivity index (χ3n) is 3.72. The molecule has 0 aliphatic carbocycles. The van der Waals surface area contributed by atoms with E-state index in [1.165, 1.54) is 0 Å². The molecule has 0 saturated carbocycles. The molecule has 0 bridgehead atoms. The molecule has 1 N–H and O–H groups in total. The molecule has 1 aliphatic heterocycles. The molecule has 1 aliphatic rings. The number of ether oxygens (including phenoxy) is 4. The fourth-order valence-corrected chi connectivity index (χ4v) is 2.60. The van der Waals surface area contributed by atoms with E-state index >= 15 is 0 Å². The van der Waals surface area contributed by atoms with Gasteiger partial charge in [0, 0.05) is 19.6 Å². The van der Waals surface area contributed by atoms with Gasteiger partial charge in [-0.3, -0.25) is 9.59 Å². The number of carbonyl (C=O) groups is 3. The Morgan fingerprint density at radius 3 is 2.56 bits per heavy atom. The summed E-state index contributed by atoms with van der Waals surface area (Å²) in [5, 5.41) is 2.66. The third kappa shape index (κ3) is 11.6. The van der Waals surface area contributed by atoms with E-state index in [-0.39, 0.29) is 31.5 Å². The van der Waals surface area contributed by atoms with E-state index in [2.05, 4.69) is 5.32 Å². The van der Waals surface area contributed by atoms with Gasteiger partial charge in [-0.1, -0.05) is 0 Å². The van der Waals surface area contributed by atoms with Gasteiger partial charge in [-0.15, -0.1) is 0 Å². The number of Topliss-reactive ketones (excluding diaryl/α,β-unsaturated/α-hetero) is 1. The maximum absolute atomic E-state index is 12.1. The summed E-state index contributed by atoms with van der Waals surface area (Å²) in [6.45, 7) is 8.20. The summed E-state index contributed by atoms with van der Waals surface area (Å²) in [4.78, 5) is 35.4. The molecule has 1 fully saturated rings. The van der Waals surface area contributed by atoms with Crippen LogP contribution in [0.2, 0.25) is 0 Å². The fraction of sp³-hybridized carbons (Fsp3) is 0.842. The first-order valence-electron chi connectivity index (χ1n) is 9.61. The van der Waals surface area contributed by atoms with Crippen molar-refractivity contribution < 1.29 is 33.3 Å². The van der Waals surface area contributed by atoms with Gasteiger partial charge in [-0.25, -0.2) is 4.79 Å². The van der Waals surface area contributed by atoms with E-state index in [1.54, 1.807) is 27.7 Å². The summed E-state index contributed by atoms with van der Waals surface area (Å²) in [6.07, 6.45) is 1.62. The Morgan fingerprint density at radius 1 is 1.22 bits per heavy atom. The number of alkyl carbamates (subject to hydrolysis) is 1. The first-order valence-corrected chi connectivity index (χ1v) is 9.61. The lowest BCUT2D eigenvalue weighted by atomic mass is 10.1. The van der Waals surface area contributed by atoms with E-state index in [0.29, 0.717) is 19.6 Å². The normalized spacial score (nSPS) is 18.4. The minimum Gasteiger partial charge on any atom is -0.466 e. The molecule has 1 rings (SSSR count). The minimum absolute atomic E-state index is 0.0642. The van der Waals surface area contributed by atoms with Gasteiger partial charge in [0.1, 0.15) is 17.8 Å². The van der Waals surface area contributed by atoms with Crippen LogP contribution in [0.25, 0.3) is 0 Å². The van der Waals surface area contributed by atoms with Gasteiger partial charge in [0.05, 0.1) is 12.7 Å². The van der Waals surface area contributed by atoms with Crippen LogP contribution in [0, 0.1) is 0 Å². The molecule has 0 radical (unpaired) electrons. The van der Waals surface area contributed by atoms with Crippen molar-refractivity contribution in [1.82, 2.24) is 5.32 Å². The SMILES string of the molecule is CCOC(=O)CC(=O)C[C@@H](CCNC(=O)OC(C)(C)C)OC1CCCCO1. The lowest BCUT2D eigenvalue weighted by Crippen LogP contribution is -2.36. The van der Waals surface area contributed by atoms with Gasteiger partial charge in [-0.05, 0) is 53.4 Å². The second-order valence-electron chi connectivity index (χ2n) is 7.50. The maximum Gasteiger partial charge on any atom is 0.407 e. The Kier molecular flexibility index (Phi) is 10.3. The quantitative estimate of drug-likeness (QED) is 0.454. The highest BCUT2D eigenvalue weighted by Gasteiger charge is 2.24. The Bertz CT molecular complexity index is 481. The van der Waals surface area contributed by atoms with E-state index in [0.717, 1.165) is 19.3 Å². The van der Waals surface area contributed by atoms with Crippen molar-refractivity contribution in [2.45, 2.75) is 84.2 Å². The van der Waals surface area contributed by atoms with Crippen molar-refractivity contribution in [2.24, 2.45) is 0 Å². The Hall–Kier alpha value is -1.67. The number of hydrogen-bond acceptors (Lipinski definition) is 7. The second kappa shape index (κ2) is 11.9. The van der Waals surface area contributed by atoms with E-state index < -0.39 is 23.8 Å². The van der Waals surface area contributed by atoms with Crippen LogP contribution in [0.1, 0.15) is 66.2 Å². The minimum atomic E-state index is -0.578. The highest BCUT2D eigenvalue weighted by Crippen LogP contribution is 2.18. The average Bonchev–Trinajstić information content (AvgIpc) is 2.54. The topological polar surface area (TPSA) is 100 Å².